The molecule has 0 N–H and O–H groups in total. The normalized spacial score (nSPS) is 25.1. The van der Waals surface area contributed by atoms with Crippen LogP contribution in [0.15, 0.2) is 0 Å². The SMILES string of the molecule is COC(=O)C1C(CCl)CCN1C(=O)OC. The van der Waals surface area contributed by atoms with Crippen molar-refractivity contribution in [3.63, 3.8) is 0 Å². The molecule has 0 spiro atoms. The third kappa shape index (κ3) is 2.34. The fourth-order valence-corrected chi connectivity index (χ4v) is 2.10. The Labute approximate surface area is 93.3 Å². The minimum Gasteiger partial charge on any atom is -0.467 e. The van der Waals surface area contributed by atoms with Crippen LogP contribution in [0.25, 0.3) is 0 Å². The summed E-state index contributed by atoms with van der Waals surface area (Å²) in [5, 5.41) is 0. The molecule has 0 saturated carbocycles. The maximum Gasteiger partial charge on any atom is 0.410 e. The minimum absolute atomic E-state index is 0.0572. The second-order valence-electron chi connectivity index (χ2n) is 3.33. The largest absolute Gasteiger partial charge is 0.467 e. The Hall–Kier alpha value is -0.970. The van der Waals surface area contributed by atoms with E-state index >= 15 is 0 Å². The smallest absolute Gasteiger partial charge is 0.410 e. The van der Waals surface area contributed by atoms with Crippen molar-refractivity contribution in [2.75, 3.05) is 26.6 Å². The first kappa shape index (κ1) is 12.1. The number of alkyl halides is 1. The summed E-state index contributed by atoms with van der Waals surface area (Å²) in [5.74, 6) is -0.172. The first-order chi connectivity index (χ1) is 7.15. The van der Waals surface area contributed by atoms with Gasteiger partial charge in [-0.1, -0.05) is 0 Å². The standard InChI is InChI=1S/C9H14ClNO4/c1-14-8(12)7-6(5-10)3-4-11(7)9(13)15-2/h6-7H,3-5H2,1-2H3. The molecule has 1 amide bonds. The predicted octanol–water partition coefficient (Wildman–Crippen LogP) is 0.855. The second kappa shape index (κ2) is 5.21. The molecular weight excluding hydrogens is 222 g/mol. The molecule has 1 saturated heterocycles. The number of amides is 1. The zero-order chi connectivity index (χ0) is 11.4. The summed E-state index contributed by atoms with van der Waals surface area (Å²) < 4.78 is 9.23. The minimum atomic E-state index is -0.611. The van der Waals surface area contributed by atoms with Crippen molar-refractivity contribution < 1.29 is 19.1 Å². The number of hydrogen-bond acceptors (Lipinski definition) is 4. The van der Waals surface area contributed by atoms with Gasteiger partial charge in [0.1, 0.15) is 6.04 Å². The highest BCUT2D eigenvalue weighted by Crippen LogP contribution is 2.26. The van der Waals surface area contributed by atoms with Crippen molar-refractivity contribution in [2.24, 2.45) is 5.92 Å². The maximum absolute atomic E-state index is 11.5. The summed E-state index contributed by atoms with van der Waals surface area (Å²) in [6.07, 6.45) is 0.177. The van der Waals surface area contributed by atoms with Crippen molar-refractivity contribution in [3.05, 3.63) is 0 Å². The molecule has 86 valence electrons. The van der Waals surface area contributed by atoms with Gasteiger partial charge in [-0.25, -0.2) is 9.59 Å². The van der Waals surface area contributed by atoms with Crippen molar-refractivity contribution in [1.82, 2.24) is 4.90 Å². The molecular formula is C9H14ClNO4. The fraction of sp³-hybridized carbons (Fsp3) is 0.778. The number of ether oxygens (including phenoxy) is 2. The van der Waals surface area contributed by atoms with Crippen LogP contribution in [0.1, 0.15) is 6.42 Å². The van der Waals surface area contributed by atoms with Gasteiger partial charge in [0, 0.05) is 18.3 Å². The van der Waals surface area contributed by atoms with Crippen LogP contribution in [0.4, 0.5) is 4.79 Å². The van der Waals surface area contributed by atoms with Gasteiger partial charge in [-0.05, 0) is 6.42 Å². The zero-order valence-electron chi connectivity index (χ0n) is 8.73. The Morgan fingerprint density at radius 3 is 2.53 bits per heavy atom. The molecule has 1 rings (SSSR count). The molecule has 15 heavy (non-hydrogen) atoms. The Morgan fingerprint density at radius 1 is 1.40 bits per heavy atom. The highest BCUT2D eigenvalue weighted by atomic mass is 35.5. The summed E-state index contributed by atoms with van der Waals surface area (Å²) in [7, 11) is 2.58. The van der Waals surface area contributed by atoms with Crippen molar-refractivity contribution in [1.29, 1.82) is 0 Å². The Morgan fingerprint density at radius 2 is 2.07 bits per heavy atom. The average molecular weight is 236 g/mol. The number of likely N-dealkylation sites (tertiary alicyclic amines) is 1. The van der Waals surface area contributed by atoms with E-state index in [-0.39, 0.29) is 5.92 Å². The number of esters is 1. The maximum atomic E-state index is 11.5. The Kier molecular flexibility index (Phi) is 4.20. The van der Waals surface area contributed by atoms with Gasteiger partial charge in [0.25, 0.3) is 0 Å². The Bertz CT molecular complexity index is 258. The molecule has 2 unspecified atom stereocenters. The van der Waals surface area contributed by atoms with Crippen LogP contribution < -0.4 is 0 Å². The number of carbonyl (C=O) groups is 2. The summed E-state index contributed by atoms with van der Waals surface area (Å²) in [4.78, 5) is 24.2. The van der Waals surface area contributed by atoms with Gasteiger partial charge in [0.05, 0.1) is 14.2 Å². The highest BCUT2D eigenvalue weighted by Gasteiger charge is 2.42. The molecule has 1 aliphatic heterocycles. The van der Waals surface area contributed by atoms with Crippen LogP contribution in [0.5, 0.6) is 0 Å². The Balaban J connectivity index is 2.80. The van der Waals surface area contributed by atoms with Crippen molar-refractivity contribution in [3.8, 4) is 0 Å². The van der Waals surface area contributed by atoms with Crippen molar-refractivity contribution in [2.45, 2.75) is 12.5 Å². The molecule has 1 aliphatic rings. The lowest BCUT2D eigenvalue weighted by Gasteiger charge is -2.23. The first-order valence-corrected chi connectivity index (χ1v) is 5.17. The third-order valence-corrected chi connectivity index (χ3v) is 2.97. The molecule has 2 atom stereocenters. The molecule has 0 aromatic carbocycles. The van der Waals surface area contributed by atoms with E-state index in [1.807, 2.05) is 0 Å². The van der Waals surface area contributed by atoms with E-state index in [1.54, 1.807) is 0 Å². The van der Waals surface area contributed by atoms with E-state index in [0.29, 0.717) is 18.8 Å². The molecule has 5 nitrogen and oxygen atoms in total. The van der Waals surface area contributed by atoms with E-state index in [0.717, 1.165) is 0 Å². The van der Waals surface area contributed by atoms with Crippen LogP contribution in [0.2, 0.25) is 0 Å². The lowest BCUT2D eigenvalue weighted by molar-refractivity contribution is -0.146. The highest BCUT2D eigenvalue weighted by molar-refractivity contribution is 6.18. The van der Waals surface area contributed by atoms with E-state index < -0.39 is 18.1 Å². The molecule has 1 heterocycles. The lowest BCUT2D eigenvalue weighted by atomic mass is 10.0. The third-order valence-electron chi connectivity index (χ3n) is 2.57. The molecule has 0 aromatic heterocycles. The predicted molar refractivity (Wildman–Crippen MR) is 53.7 cm³/mol. The van der Waals surface area contributed by atoms with Gasteiger partial charge in [-0.2, -0.15) is 0 Å². The zero-order valence-corrected chi connectivity index (χ0v) is 9.49. The molecule has 0 bridgehead atoms. The van der Waals surface area contributed by atoms with Crippen LogP contribution in [0.3, 0.4) is 0 Å². The number of nitrogens with zero attached hydrogens (tertiary/aromatic N) is 1. The molecule has 0 aromatic rings. The number of hydrogen-bond donors (Lipinski definition) is 0. The van der Waals surface area contributed by atoms with E-state index in [2.05, 4.69) is 9.47 Å². The summed E-state index contributed by atoms with van der Waals surface area (Å²) in [6, 6.07) is -0.611. The van der Waals surface area contributed by atoms with Crippen LogP contribution in [-0.4, -0.2) is 49.6 Å². The van der Waals surface area contributed by atoms with Gasteiger partial charge in [-0.15, -0.1) is 11.6 Å². The molecule has 6 heteroatoms. The van der Waals surface area contributed by atoms with Crippen LogP contribution in [-0.2, 0) is 14.3 Å². The van der Waals surface area contributed by atoms with Gasteiger partial charge in [0.15, 0.2) is 0 Å². The van der Waals surface area contributed by atoms with Gasteiger partial charge in [0.2, 0.25) is 0 Å². The number of rotatable bonds is 2. The first-order valence-electron chi connectivity index (χ1n) is 4.64. The van der Waals surface area contributed by atoms with E-state index in [4.69, 9.17) is 11.6 Å². The van der Waals surface area contributed by atoms with Crippen molar-refractivity contribution >= 4 is 23.7 Å². The summed E-state index contributed by atoms with van der Waals surface area (Å²) >= 11 is 5.73. The number of methoxy groups -OCH3 is 2. The average Bonchev–Trinajstić information content (AvgIpc) is 2.70. The number of carbonyl (C=O) groups excluding carboxylic acids is 2. The van der Waals surface area contributed by atoms with Gasteiger partial charge < -0.3 is 9.47 Å². The molecule has 0 radical (unpaired) electrons. The second-order valence-corrected chi connectivity index (χ2v) is 3.64. The lowest BCUT2D eigenvalue weighted by Crippen LogP contribution is -2.44. The fourth-order valence-electron chi connectivity index (χ4n) is 1.78. The van der Waals surface area contributed by atoms with E-state index in [9.17, 15) is 9.59 Å². The van der Waals surface area contributed by atoms with Crippen LogP contribution >= 0.6 is 11.6 Å². The van der Waals surface area contributed by atoms with Gasteiger partial charge in [-0.3, -0.25) is 4.90 Å². The monoisotopic (exact) mass is 235 g/mol. The summed E-state index contributed by atoms with van der Waals surface area (Å²) in [6.45, 7) is 0.476. The van der Waals surface area contributed by atoms with Gasteiger partial charge >= 0.3 is 12.1 Å². The van der Waals surface area contributed by atoms with Crippen LogP contribution in [0, 0.1) is 5.92 Å². The summed E-state index contributed by atoms with van der Waals surface area (Å²) in [5.41, 5.74) is 0. The molecule has 0 aliphatic carbocycles. The van der Waals surface area contributed by atoms with E-state index in [1.165, 1.54) is 19.1 Å². The quantitative estimate of drug-likeness (QED) is 0.526. The topological polar surface area (TPSA) is 55.8 Å². The molecule has 1 fully saturated rings. The number of halogens is 1.